The Kier molecular flexibility index (Phi) is 7.29. The van der Waals surface area contributed by atoms with Crippen molar-refractivity contribution in [3.05, 3.63) is 83.4 Å². The van der Waals surface area contributed by atoms with Gasteiger partial charge in [0.1, 0.15) is 5.82 Å². The van der Waals surface area contributed by atoms with E-state index in [0.29, 0.717) is 24.6 Å². The van der Waals surface area contributed by atoms with Crippen molar-refractivity contribution in [1.82, 2.24) is 24.5 Å². The van der Waals surface area contributed by atoms with Gasteiger partial charge >= 0.3 is 5.97 Å². The van der Waals surface area contributed by atoms with Crippen LogP contribution in [0.1, 0.15) is 52.5 Å². The number of amides is 1. The summed E-state index contributed by atoms with van der Waals surface area (Å²) in [6, 6.07) is 17.8. The zero-order valence-corrected chi connectivity index (χ0v) is 24.9. The summed E-state index contributed by atoms with van der Waals surface area (Å²) in [5.41, 5.74) is 3.08. The minimum atomic E-state index is -1.13. The molecule has 4 aromatic rings. The average Bonchev–Trinajstić information content (AvgIpc) is 3.71. The number of hydrogen-bond donors (Lipinski definition) is 2. The lowest BCUT2D eigenvalue weighted by Gasteiger charge is -2.26. The van der Waals surface area contributed by atoms with Crippen LogP contribution in [-0.2, 0) is 10.2 Å². The van der Waals surface area contributed by atoms with Crippen LogP contribution in [0.15, 0.2) is 60.8 Å². The van der Waals surface area contributed by atoms with Crippen LogP contribution in [-0.4, -0.2) is 86.9 Å². The number of likely N-dealkylation sites (tertiary alicyclic amines) is 1. The molecule has 2 fully saturated rings. The van der Waals surface area contributed by atoms with Gasteiger partial charge in [0.25, 0.3) is 5.91 Å². The highest BCUT2D eigenvalue weighted by Crippen LogP contribution is 2.37. The summed E-state index contributed by atoms with van der Waals surface area (Å²) >= 11 is 0. The lowest BCUT2D eigenvalue weighted by atomic mass is 9.82. The summed E-state index contributed by atoms with van der Waals surface area (Å²) in [7, 11) is 1.30. The number of aliphatic hydroxyl groups is 1. The van der Waals surface area contributed by atoms with Crippen LogP contribution < -0.4 is 10.2 Å². The second kappa shape index (κ2) is 11.0. The van der Waals surface area contributed by atoms with E-state index in [1.807, 2.05) is 19.2 Å². The maximum atomic E-state index is 13.6. The van der Waals surface area contributed by atoms with E-state index >= 15 is 0 Å². The molecule has 2 aliphatic rings. The number of β-amino-alcohol motifs (C(OH)–C–C–N with tert-alkyl or cyclic N) is 1. The Hall–Kier alpha value is -4.51. The van der Waals surface area contributed by atoms with Crippen molar-refractivity contribution in [2.24, 2.45) is 5.92 Å². The van der Waals surface area contributed by atoms with Crippen LogP contribution in [0.25, 0.3) is 5.65 Å². The topological polar surface area (TPSA) is 125 Å². The quantitative estimate of drug-likeness (QED) is 0.315. The van der Waals surface area contributed by atoms with E-state index in [1.54, 1.807) is 34.5 Å². The monoisotopic (exact) mass is 583 g/mol. The number of aromatic nitrogens is 4. The average molecular weight is 584 g/mol. The Labute approximate surface area is 250 Å². The molecule has 2 unspecified atom stereocenters. The Morgan fingerprint density at radius 2 is 1.88 bits per heavy atom. The van der Waals surface area contributed by atoms with Crippen LogP contribution in [0.5, 0.6) is 0 Å². The first-order chi connectivity index (χ1) is 20.6. The molecule has 3 aromatic heterocycles. The number of anilines is 2. The number of pyridine rings is 2. The number of benzene rings is 1. The molecule has 224 valence electrons. The van der Waals surface area contributed by atoms with Crippen LogP contribution in [0.4, 0.5) is 11.5 Å². The van der Waals surface area contributed by atoms with Crippen LogP contribution in [0.3, 0.4) is 0 Å². The highest BCUT2D eigenvalue weighted by Gasteiger charge is 2.44. The lowest BCUT2D eigenvalue weighted by Crippen LogP contribution is -2.38. The molecule has 2 aliphatic heterocycles. The molecule has 11 heteroatoms. The van der Waals surface area contributed by atoms with Gasteiger partial charge in [-0.3, -0.25) is 4.79 Å². The number of hydrogen-bond acceptors (Lipinski definition) is 9. The van der Waals surface area contributed by atoms with Crippen LogP contribution >= 0.6 is 0 Å². The maximum Gasteiger partial charge on any atom is 0.356 e. The number of aryl methyl sites for hydroxylation is 1. The van der Waals surface area contributed by atoms with Crippen molar-refractivity contribution in [2.75, 3.05) is 50.1 Å². The molecule has 0 saturated carbocycles. The minimum absolute atomic E-state index is 0.0614. The molecule has 2 saturated heterocycles. The largest absolute Gasteiger partial charge is 0.464 e. The number of rotatable bonds is 7. The molecule has 0 bridgehead atoms. The number of carbonyl (C=O) groups excluding carboxylic acids is 2. The standard InChI is InChI=1S/C32H37N7O4/c1-21-15-24(37-14-13-31(2,19-37)22-9-6-5-7-10-22)18-39-28(21)35-27(36-39)29(40)38-17-23(32(3,42)20-38)16-33-26-12-8-11-25(34-26)30(41)43-4/h5-12,15,18,23,42H,13-14,16-17,19-20H2,1-4H3,(H,33,34)/t23?,31-,32?/m0/s1. The molecule has 6 rings (SSSR count). The normalized spacial score (nSPS) is 23.6. The lowest BCUT2D eigenvalue weighted by molar-refractivity contribution is 0.0333. The van der Waals surface area contributed by atoms with E-state index in [1.165, 1.54) is 12.7 Å². The number of ether oxygens (including phenoxy) is 1. The van der Waals surface area contributed by atoms with Gasteiger partial charge in [-0.1, -0.05) is 43.3 Å². The third-order valence-corrected chi connectivity index (χ3v) is 8.90. The van der Waals surface area contributed by atoms with Gasteiger partial charge in [0, 0.05) is 44.1 Å². The number of nitrogens with zero attached hydrogens (tertiary/aromatic N) is 6. The minimum Gasteiger partial charge on any atom is -0.464 e. The zero-order valence-electron chi connectivity index (χ0n) is 24.9. The van der Waals surface area contributed by atoms with E-state index in [2.05, 4.69) is 62.5 Å². The summed E-state index contributed by atoms with van der Waals surface area (Å²) < 4.78 is 6.44. The summed E-state index contributed by atoms with van der Waals surface area (Å²) in [4.78, 5) is 38.2. The van der Waals surface area contributed by atoms with Crippen molar-refractivity contribution in [2.45, 2.75) is 38.2 Å². The highest BCUT2D eigenvalue weighted by atomic mass is 16.5. The van der Waals surface area contributed by atoms with Crippen molar-refractivity contribution in [3.8, 4) is 0 Å². The first-order valence-corrected chi connectivity index (χ1v) is 14.5. The van der Waals surface area contributed by atoms with Crippen molar-refractivity contribution in [3.63, 3.8) is 0 Å². The molecule has 2 N–H and O–H groups in total. The van der Waals surface area contributed by atoms with E-state index in [-0.39, 0.29) is 35.3 Å². The summed E-state index contributed by atoms with van der Waals surface area (Å²) in [5, 5.41) is 18.9. The predicted octanol–water partition coefficient (Wildman–Crippen LogP) is 3.32. The molecule has 0 spiro atoms. The Bertz CT molecular complexity index is 1670. The van der Waals surface area contributed by atoms with Crippen molar-refractivity contribution in [1.29, 1.82) is 0 Å². The molecule has 3 atom stereocenters. The fourth-order valence-corrected chi connectivity index (χ4v) is 6.25. The highest BCUT2D eigenvalue weighted by molar-refractivity contribution is 5.91. The number of methoxy groups -OCH3 is 1. The fourth-order valence-electron chi connectivity index (χ4n) is 6.25. The molecular formula is C32H37N7O4. The second-order valence-electron chi connectivity index (χ2n) is 12.2. The van der Waals surface area contributed by atoms with Gasteiger partial charge in [0.15, 0.2) is 11.3 Å². The van der Waals surface area contributed by atoms with Gasteiger partial charge in [-0.2, -0.15) is 0 Å². The van der Waals surface area contributed by atoms with Crippen molar-refractivity contribution >= 4 is 29.0 Å². The van der Waals surface area contributed by atoms with Gasteiger partial charge < -0.3 is 25.0 Å². The molecule has 11 nitrogen and oxygen atoms in total. The van der Waals surface area contributed by atoms with Gasteiger partial charge in [0.2, 0.25) is 5.82 Å². The molecular weight excluding hydrogens is 546 g/mol. The molecule has 0 radical (unpaired) electrons. The zero-order chi connectivity index (χ0) is 30.4. The van der Waals surface area contributed by atoms with Gasteiger partial charge in [-0.05, 0) is 49.6 Å². The molecule has 0 aliphatic carbocycles. The van der Waals surface area contributed by atoms with Gasteiger partial charge in [-0.15, -0.1) is 5.10 Å². The Morgan fingerprint density at radius 3 is 2.65 bits per heavy atom. The Balaban J connectivity index is 1.15. The van der Waals surface area contributed by atoms with E-state index in [9.17, 15) is 14.7 Å². The maximum absolute atomic E-state index is 13.6. The molecule has 1 amide bonds. The third-order valence-electron chi connectivity index (χ3n) is 8.90. The number of nitrogens with one attached hydrogen (secondary N) is 1. The third kappa shape index (κ3) is 5.52. The fraction of sp³-hybridized carbons (Fsp3) is 0.406. The number of esters is 1. The van der Waals surface area contributed by atoms with E-state index in [4.69, 9.17) is 4.74 Å². The number of carbonyl (C=O) groups is 2. The van der Waals surface area contributed by atoms with Crippen LogP contribution in [0.2, 0.25) is 0 Å². The predicted molar refractivity (Wildman–Crippen MR) is 162 cm³/mol. The number of fused-ring (bicyclic) bond motifs is 1. The first kappa shape index (κ1) is 28.6. The van der Waals surface area contributed by atoms with Gasteiger partial charge in [0.05, 0.1) is 24.6 Å². The van der Waals surface area contributed by atoms with E-state index in [0.717, 1.165) is 30.8 Å². The molecule has 5 heterocycles. The SMILES string of the molecule is COC(=O)c1cccc(NCC2CN(C(=O)c3nc4c(C)cc(N5CC[C@](C)(c6ccccc6)C5)cn4n3)CC2(C)O)n1. The van der Waals surface area contributed by atoms with Crippen LogP contribution in [0, 0.1) is 12.8 Å². The van der Waals surface area contributed by atoms with Crippen molar-refractivity contribution < 1.29 is 19.4 Å². The second-order valence-corrected chi connectivity index (χ2v) is 12.2. The molecule has 43 heavy (non-hydrogen) atoms. The summed E-state index contributed by atoms with van der Waals surface area (Å²) in [5.74, 6) is -0.538. The summed E-state index contributed by atoms with van der Waals surface area (Å²) in [6.07, 6.45) is 3.00. The first-order valence-electron chi connectivity index (χ1n) is 14.5. The van der Waals surface area contributed by atoms with Gasteiger partial charge in [-0.25, -0.2) is 19.3 Å². The van der Waals surface area contributed by atoms with E-state index < -0.39 is 11.6 Å². The Morgan fingerprint density at radius 1 is 1.09 bits per heavy atom. The smallest absolute Gasteiger partial charge is 0.356 e. The summed E-state index contributed by atoms with van der Waals surface area (Å²) in [6.45, 7) is 8.66. The molecule has 1 aromatic carbocycles.